The summed E-state index contributed by atoms with van der Waals surface area (Å²) in [6.45, 7) is 3.24. The van der Waals surface area contributed by atoms with Gasteiger partial charge in [0.05, 0.1) is 18.6 Å². The van der Waals surface area contributed by atoms with Gasteiger partial charge in [-0.25, -0.2) is 4.39 Å². The van der Waals surface area contributed by atoms with E-state index in [4.69, 9.17) is 5.11 Å². The lowest BCUT2D eigenvalue weighted by Gasteiger charge is -2.23. The highest BCUT2D eigenvalue weighted by atomic mass is 19.1. The normalized spacial score (nSPS) is 11.2. The fourth-order valence-corrected chi connectivity index (χ4v) is 1.28. The second-order valence-electron chi connectivity index (χ2n) is 4.36. The first-order valence-corrected chi connectivity index (χ1v) is 5.10. The van der Waals surface area contributed by atoms with Crippen molar-refractivity contribution in [3.8, 4) is 0 Å². The molecule has 0 saturated heterocycles. The highest BCUT2D eigenvalue weighted by Gasteiger charge is 2.19. The molecular formula is C12H16FNO2. The van der Waals surface area contributed by atoms with Gasteiger partial charge in [-0.05, 0) is 25.5 Å². The lowest BCUT2D eigenvalue weighted by molar-refractivity contribution is -0.122. The highest BCUT2D eigenvalue weighted by molar-refractivity contribution is 5.79. The lowest BCUT2D eigenvalue weighted by Crippen LogP contribution is -2.46. The summed E-state index contributed by atoms with van der Waals surface area (Å²) in [5.41, 5.74) is -0.323. The van der Waals surface area contributed by atoms with E-state index in [-0.39, 0.29) is 24.8 Å². The van der Waals surface area contributed by atoms with E-state index in [0.717, 1.165) is 0 Å². The number of amides is 1. The van der Waals surface area contributed by atoms with Crippen LogP contribution in [0.4, 0.5) is 4.39 Å². The Morgan fingerprint density at radius 1 is 1.44 bits per heavy atom. The van der Waals surface area contributed by atoms with Gasteiger partial charge in [0.2, 0.25) is 5.91 Å². The molecule has 0 bridgehead atoms. The Kier molecular flexibility index (Phi) is 4.01. The number of aliphatic hydroxyl groups excluding tert-OH is 1. The Bertz CT molecular complexity index is 377. The van der Waals surface area contributed by atoms with E-state index in [1.807, 2.05) is 0 Å². The smallest absolute Gasteiger partial charge is 0.225 e. The largest absolute Gasteiger partial charge is 0.394 e. The molecule has 0 heterocycles. The van der Waals surface area contributed by atoms with Gasteiger partial charge in [-0.1, -0.05) is 18.2 Å². The van der Waals surface area contributed by atoms with Gasteiger partial charge in [-0.2, -0.15) is 0 Å². The van der Waals surface area contributed by atoms with Crippen molar-refractivity contribution in [2.75, 3.05) is 6.61 Å². The molecule has 4 heteroatoms. The van der Waals surface area contributed by atoms with Crippen molar-refractivity contribution in [2.24, 2.45) is 0 Å². The third-order valence-corrected chi connectivity index (χ3v) is 2.18. The highest BCUT2D eigenvalue weighted by Crippen LogP contribution is 2.08. The number of hydrogen-bond acceptors (Lipinski definition) is 2. The van der Waals surface area contributed by atoms with Crippen molar-refractivity contribution in [3.63, 3.8) is 0 Å². The Hall–Kier alpha value is -1.42. The van der Waals surface area contributed by atoms with Crippen LogP contribution in [-0.4, -0.2) is 23.2 Å². The molecule has 1 aromatic carbocycles. The van der Waals surface area contributed by atoms with Crippen LogP contribution in [0.3, 0.4) is 0 Å². The fraction of sp³-hybridized carbons (Fsp3) is 0.417. The van der Waals surface area contributed by atoms with E-state index < -0.39 is 5.54 Å². The van der Waals surface area contributed by atoms with Gasteiger partial charge in [0, 0.05) is 0 Å². The second-order valence-corrected chi connectivity index (χ2v) is 4.36. The van der Waals surface area contributed by atoms with Gasteiger partial charge in [0.15, 0.2) is 0 Å². The van der Waals surface area contributed by atoms with Crippen molar-refractivity contribution in [3.05, 3.63) is 35.6 Å². The van der Waals surface area contributed by atoms with Crippen LogP contribution in [0, 0.1) is 5.82 Å². The molecule has 0 aliphatic rings. The van der Waals surface area contributed by atoms with Crippen LogP contribution >= 0.6 is 0 Å². The van der Waals surface area contributed by atoms with Gasteiger partial charge < -0.3 is 10.4 Å². The van der Waals surface area contributed by atoms with Crippen molar-refractivity contribution in [2.45, 2.75) is 25.8 Å². The Morgan fingerprint density at radius 2 is 2.06 bits per heavy atom. The monoisotopic (exact) mass is 225 g/mol. The lowest BCUT2D eigenvalue weighted by atomic mass is 10.1. The van der Waals surface area contributed by atoms with Crippen LogP contribution in [0.25, 0.3) is 0 Å². The number of carbonyl (C=O) groups is 1. The molecule has 0 atom stereocenters. The molecule has 1 rings (SSSR count). The van der Waals surface area contributed by atoms with Crippen molar-refractivity contribution >= 4 is 5.91 Å². The summed E-state index contributed by atoms with van der Waals surface area (Å²) in [4.78, 5) is 11.6. The van der Waals surface area contributed by atoms with Crippen LogP contribution in [0.5, 0.6) is 0 Å². The second kappa shape index (κ2) is 5.07. The molecule has 0 aliphatic heterocycles. The van der Waals surface area contributed by atoms with Crippen molar-refractivity contribution in [1.82, 2.24) is 5.32 Å². The molecular weight excluding hydrogens is 209 g/mol. The summed E-state index contributed by atoms with van der Waals surface area (Å²) in [5.74, 6) is -0.691. The van der Waals surface area contributed by atoms with E-state index in [0.29, 0.717) is 5.56 Å². The predicted octanol–water partition coefficient (Wildman–Crippen LogP) is 1.26. The van der Waals surface area contributed by atoms with Gasteiger partial charge in [0.25, 0.3) is 0 Å². The van der Waals surface area contributed by atoms with E-state index in [1.54, 1.807) is 32.0 Å². The maximum Gasteiger partial charge on any atom is 0.225 e. The third kappa shape index (κ3) is 3.62. The number of nitrogens with one attached hydrogen (secondary N) is 1. The SMILES string of the molecule is CC(C)(CO)NC(=O)Cc1ccccc1F. The zero-order valence-corrected chi connectivity index (χ0v) is 9.46. The van der Waals surface area contributed by atoms with E-state index in [1.165, 1.54) is 6.07 Å². The number of aliphatic hydroxyl groups is 1. The quantitative estimate of drug-likeness (QED) is 0.810. The number of carbonyl (C=O) groups excluding carboxylic acids is 1. The summed E-state index contributed by atoms with van der Waals surface area (Å²) < 4.78 is 13.2. The number of rotatable bonds is 4. The van der Waals surface area contributed by atoms with Crippen LogP contribution < -0.4 is 5.32 Å². The number of benzene rings is 1. The summed E-state index contributed by atoms with van der Waals surface area (Å²) in [7, 11) is 0. The molecule has 0 aromatic heterocycles. The Balaban J connectivity index is 2.62. The minimum atomic E-state index is -0.678. The molecule has 16 heavy (non-hydrogen) atoms. The molecule has 1 amide bonds. The van der Waals surface area contributed by atoms with Gasteiger partial charge in [0.1, 0.15) is 5.82 Å². The first kappa shape index (κ1) is 12.6. The first-order chi connectivity index (χ1) is 7.44. The molecule has 3 nitrogen and oxygen atoms in total. The van der Waals surface area contributed by atoms with E-state index in [2.05, 4.69) is 5.32 Å². The molecule has 0 aliphatic carbocycles. The Labute approximate surface area is 94.3 Å². The van der Waals surface area contributed by atoms with Gasteiger partial charge >= 0.3 is 0 Å². The van der Waals surface area contributed by atoms with E-state index >= 15 is 0 Å². The zero-order chi connectivity index (χ0) is 12.2. The molecule has 88 valence electrons. The summed E-state index contributed by atoms with van der Waals surface area (Å²) in [5, 5.41) is 11.6. The molecule has 0 fully saturated rings. The average molecular weight is 225 g/mol. The zero-order valence-electron chi connectivity index (χ0n) is 9.46. The minimum Gasteiger partial charge on any atom is -0.394 e. The minimum absolute atomic E-state index is 0.0178. The van der Waals surface area contributed by atoms with Gasteiger partial charge in [-0.3, -0.25) is 4.79 Å². The maximum absolute atomic E-state index is 13.2. The Morgan fingerprint density at radius 3 is 2.62 bits per heavy atom. The van der Waals surface area contributed by atoms with Crippen LogP contribution in [0.15, 0.2) is 24.3 Å². The maximum atomic E-state index is 13.2. The summed E-state index contributed by atoms with van der Waals surface area (Å²) in [6.07, 6.45) is -0.0178. The summed E-state index contributed by atoms with van der Waals surface area (Å²) >= 11 is 0. The molecule has 2 N–H and O–H groups in total. The van der Waals surface area contributed by atoms with E-state index in [9.17, 15) is 9.18 Å². The molecule has 0 radical (unpaired) electrons. The number of halogens is 1. The van der Waals surface area contributed by atoms with Gasteiger partial charge in [-0.15, -0.1) is 0 Å². The van der Waals surface area contributed by atoms with Crippen LogP contribution in [-0.2, 0) is 11.2 Å². The van der Waals surface area contributed by atoms with Crippen LogP contribution in [0.2, 0.25) is 0 Å². The number of hydrogen-bond donors (Lipinski definition) is 2. The average Bonchev–Trinajstić information content (AvgIpc) is 2.21. The predicted molar refractivity (Wildman–Crippen MR) is 59.4 cm³/mol. The first-order valence-electron chi connectivity index (χ1n) is 5.10. The third-order valence-electron chi connectivity index (χ3n) is 2.18. The molecule has 0 spiro atoms. The molecule has 0 saturated carbocycles. The molecule has 1 aromatic rings. The summed E-state index contributed by atoms with van der Waals surface area (Å²) in [6, 6.07) is 6.15. The van der Waals surface area contributed by atoms with Crippen molar-refractivity contribution in [1.29, 1.82) is 0 Å². The van der Waals surface area contributed by atoms with Crippen molar-refractivity contribution < 1.29 is 14.3 Å². The van der Waals surface area contributed by atoms with Crippen LogP contribution in [0.1, 0.15) is 19.4 Å². The standard InChI is InChI=1S/C12H16FNO2/c1-12(2,8-15)14-11(16)7-9-5-3-4-6-10(9)13/h3-6,15H,7-8H2,1-2H3,(H,14,16). The fourth-order valence-electron chi connectivity index (χ4n) is 1.28. The molecule has 0 unspecified atom stereocenters. The topological polar surface area (TPSA) is 49.3 Å².